The van der Waals surface area contributed by atoms with E-state index in [9.17, 15) is 9.59 Å². The number of aryl methyl sites for hydroxylation is 1. The van der Waals surface area contributed by atoms with E-state index < -0.39 is 0 Å². The van der Waals surface area contributed by atoms with Gasteiger partial charge < -0.3 is 15.1 Å². The van der Waals surface area contributed by atoms with Gasteiger partial charge in [-0.1, -0.05) is 18.2 Å². The highest BCUT2D eigenvalue weighted by molar-refractivity contribution is 5.91. The van der Waals surface area contributed by atoms with Crippen LogP contribution in [-0.4, -0.2) is 72.5 Å². The van der Waals surface area contributed by atoms with Gasteiger partial charge in [0.1, 0.15) is 0 Å². The third kappa shape index (κ3) is 5.46. The second-order valence-corrected chi connectivity index (χ2v) is 6.40. The Morgan fingerprint density at radius 2 is 1.72 bits per heavy atom. The van der Waals surface area contributed by atoms with Crippen molar-refractivity contribution in [3.8, 4) is 0 Å². The van der Waals surface area contributed by atoms with Crippen LogP contribution >= 0.6 is 0 Å². The predicted molar refractivity (Wildman–Crippen MR) is 101 cm³/mol. The topological polar surface area (TPSA) is 55.9 Å². The summed E-state index contributed by atoms with van der Waals surface area (Å²) in [5.74, 6) is 0.0379. The third-order valence-corrected chi connectivity index (χ3v) is 4.75. The second kappa shape index (κ2) is 9.42. The second-order valence-electron chi connectivity index (χ2n) is 6.40. The Balaban J connectivity index is 1.72. The first-order valence-corrected chi connectivity index (χ1v) is 9.16. The van der Waals surface area contributed by atoms with Crippen LogP contribution in [0.25, 0.3) is 0 Å². The molecule has 1 fully saturated rings. The van der Waals surface area contributed by atoms with Crippen molar-refractivity contribution in [3.63, 3.8) is 0 Å². The minimum absolute atomic E-state index is 0.0379. The maximum absolute atomic E-state index is 12.3. The third-order valence-electron chi connectivity index (χ3n) is 4.75. The number of anilines is 1. The molecule has 0 atom stereocenters. The lowest BCUT2D eigenvalue weighted by Crippen LogP contribution is -2.53. The Bertz CT molecular complexity index is 579. The van der Waals surface area contributed by atoms with E-state index in [0.29, 0.717) is 6.42 Å². The molecular weight excluding hydrogens is 316 g/mol. The van der Waals surface area contributed by atoms with Gasteiger partial charge in [-0.2, -0.15) is 0 Å². The van der Waals surface area contributed by atoms with Gasteiger partial charge in [0.2, 0.25) is 5.91 Å². The number of hydrogen-bond donors (Lipinski definition) is 1. The fourth-order valence-corrected chi connectivity index (χ4v) is 3.04. The van der Waals surface area contributed by atoms with Crippen LogP contribution < -0.4 is 5.32 Å². The number of amides is 3. The molecule has 1 aliphatic rings. The minimum atomic E-state index is 0.0379. The number of benzene rings is 1. The molecular formula is C19H30N4O2. The number of hydrogen-bond acceptors (Lipinski definition) is 3. The van der Waals surface area contributed by atoms with Gasteiger partial charge in [0.25, 0.3) is 0 Å². The first-order valence-electron chi connectivity index (χ1n) is 9.16. The van der Waals surface area contributed by atoms with Gasteiger partial charge in [-0.25, -0.2) is 4.79 Å². The average Bonchev–Trinajstić information content (AvgIpc) is 2.63. The summed E-state index contributed by atoms with van der Waals surface area (Å²) in [5, 5.41) is 2.97. The summed E-state index contributed by atoms with van der Waals surface area (Å²) in [4.78, 5) is 30.5. The molecule has 1 heterocycles. The van der Waals surface area contributed by atoms with E-state index in [0.717, 1.165) is 57.1 Å². The number of nitrogens with one attached hydrogen (secondary N) is 1. The summed E-state index contributed by atoms with van der Waals surface area (Å²) in [6.45, 7) is 11.3. The predicted octanol–water partition coefficient (Wildman–Crippen LogP) is 2.40. The summed E-state index contributed by atoms with van der Waals surface area (Å²) in [6, 6.07) is 7.92. The Morgan fingerprint density at radius 1 is 1.08 bits per heavy atom. The normalized spacial score (nSPS) is 15.1. The molecule has 0 aromatic heterocycles. The molecule has 6 nitrogen and oxygen atoms in total. The van der Waals surface area contributed by atoms with Gasteiger partial charge in [0, 0.05) is 57.9 Å². The molecule has 1 saturated heterocycles. The molecule has 0 aliphatic carbocycles. The van der Waals surface area contributed by atoms with Crippen molar-refractivity contribution >= 4 is 17.6 Å². The summed E-state index contributed by atoms with van der Waals surface area (Å²) < 4.78 is 0. The first kappa shape index (κ1) is 19.2. The summed E-state index contributed by atoms with van der Waals surface area (Å²) in [6.07, 6.45) is 0.471. The Kier molecular flexibility index (Phi) is 7.25. The molecule has 0 unspecified atom stereocenters. The molecule has 0 spiro atoms. The Hall–Kier alpha value is -2.08. The molecule has 1 aliphatic heterocycles. The van der Waals surface area contributed by atoms with Crippen molar-refractivity contribution in [2.45, 2.75) is 27.2 Å². The maximum atomic E-state index is 12.3. The minimum Gasteiger partial charge on any atom is -0.326 e. The number of urea groups is 1. The quantitative estimate of drug-likeness (QED) is 0.860. The summed E-state index contributed by atoms with van der Waals surface area (Å²) in [5.41, 5.74) is 1.95. The zero-order valence-corrected chi connectivity index (χ0v) is 15.6. The van der Waals surface area contributed by atoms with Crippen LogP contribution in [0, 0.1) is 6.92 Å². The average molecular weight is 346 g/mol. The van der Waals surface area contributed by atoms with Crippen molar-refractivity contribution in [2.24, 2.45) is 0 Å². The molecule has 1 aromatic rings. The van der Waals surface area contributed by atoms with Gasteiger partial charge in [0.15, 0.2) is 0 Å². The largest absolute Gasteiger partial charge is 0.326 e. The smallest absolute Gasteiger partial charge is 0.320 e. The molecule has 138 valence electrons. The van der Waals surface area contributed by atoms with Crippen molar-refractivity contribution in [2.75, 3.05) is 51.1 Å². The molecule has 0 saturated carbocycles. The molecule has 25 heavy (non-hydrogen) atoms. The molecule has 0 radical (unpaired) electrons. The molecule has 1 aromatic carbocycles. The van der Waals surface area contributed by atoms with Crippen molar-refractivity contribution < 1.29 is 9.59 Å². The highest BCUT2D eigenvalue weighted by Crippen LogP contribution is 2.13. The van der Waals surface area contributed by atoms with E-state index in [-0.39, 0.29) is 11.9 Å². The number of nitrogens with zero attached hydrogens (tertiary/aromatic N) is 3. The van der Waals surface area contributed by atoms with Gasteiger partial charge in [-0.05, 0) is 32.4 Å². The van der Waals surface area contributed by atoms with E-state index in [1.54, 1.807) is 0 Å². The van der Waals surface area contributed by atoms with Crippen molar-refractivity contribution in [1.82, 2.24) is 14.7 Å². The zero-order chi connectivity index (χ0) is 18.2. The highest BCUT2D eigenvalue weighted by atomic mass is 16.2. The fraction of sp³-hybridized carbons (Fsp3) is 0.579. The number of rotatable bonds is 6. The lowest BCUT2D eigenvalue weighted by atomic mass is 10.2. The van der Waals surface area contributed by atoms with E-state index in [1.807, 2.05) is 54.8 Å². The fourth-order valence-electron chi connectivity index (χ4n) is 3.04. The number of carbonyl (C=O) groups excluding carboxylic acids is 2. The van der Waals surface area contributed by atoms with Crippen LogP contribution in [0.15, 0.2) is 24.3 Å². The molecule has 0 bridgehead atoms. The van der Waals surface area contributed by atoms with E-state index >= 15 is 0 Å². The van der Waals surface area contributed by atoms with E-state index in [1.165, 1.54) is 0 Å². The van der Waals surface area contributed by atoms with Crippen LogP contribution in [0.4, 0.5) is 10.5 Å². The zero-order valence-electron chi connectivity index (χ0n) is 15.6. The lowest BCUT2D eigenvalue weighted by molar-refractivity contribution is -0.116. The number of carbonyl (C=O) groups is 2. The van der Waals surface area contributed by atoms with E-state index in [2.05, 4.69) is 10.2 Å². The van der Waals surface area contributed by atoms with Crippen LogP contribution in [0.5, 0.6) is 0 Å². The van der Waals surface area contributed by atoms with Gasteiger partial charge in [0.05, 0.1) is 0 Å². The highest BCUT2D eigenvalue weighted by Gasteiger charge is 2.23. The van der Waals surface area contributed by atoms with Crippen molar-refractivity contribution in [3.05, 3.63) is 29.8 Å². The van der Waals surface area contributed by atoms with Gasteiger partial charge in [-0.15, -0.1) is 0 Å². The first-order chi connectivity index (χ1) is 12.0. The molecule has 1 N–H and O–H groups in total. The maximum Gasteiger partial charge on any atom is 0.320 e. The Morgan fingerprint density at radius 3 is 2.32 bits per heavy atom. The molecule has 2 rings (SSSR count). The Labute approximate surface area is 150 Å². The van der Waals surface area contributed by atoms with Crippen LogP contribution in [0.2, 0.25) is 0 Å². The van der Waals surface area contributed by atoms with Crippen LogP contribution in [0.1, 0.15) is 25.8 Å². The SMILES string of the molecule is CCN(CC)C(=O)N1CCN(CCC(=O)Nc2ccccc2C)CC1. The van der Waals surface area contributed by atoms with E-state index in [4.69, 9.17) is 0 Å². The monoisotopic (exact) mass is 346 g/mol. The van der Waals surface area contributed by atoms with Gasteiger partial charge >= 0.3 is 6.03 Å². The number of para-hydroxylation sites is 1. The van der Waals surface area contributed by atoms with Crippen LogP contribution in [-0.2, 0) is 4.79 Å². The van der Waals surface area contributed by atoms with Crippen LogP contribution in [0.3, 0.4) is 0 Å². The van der Waals surface area contributed by atoms with Gasteiger partial charge in [-0.3, -0.25) is 9.69 Å². The van der Waals surface area contributed by atoms with Crippen molar-refractivity contribution in [1.29, 1.82) is 0 Å². The standard InChI is InChI=1S/C19H30N4O2/c1-4-22(5-2)19(25)23-14-12-21(13-15-23)11-10-18(24)20-17-9-7-6-8-16(17)3/h6-9H,4-5,10-15H2,1-3H3,(H,20,24). The summed E-state index contributed by atoms with van der Waals surface area (Å²) >= 11 is 0. The summed E-state index contributed by atoms with van der Waals surface area (Å²) in [7, 11) is 0. The lowest BCUT2D eigenvalue weighted by Gasteiger charge is -2.37. The molecule has 3 amide bonds. The molecule has 6 heteroatoms. The number of piperazine rings is 1.